The first kappa shape index (κ1) is 14.4. The SMILES string of the molecule is CSCCCN1C(=O)CNC(=O)C1CC(C)C. The zero-order valence-electron chi connectivity index (χ0n) is 10.9. The van der Waals surface area contributed by atoms with Gasteiger partial charge in [-0.05, 0) is 30.8 Å². The van der Waals surface area contributed by atoms with Gasteiger partial charge >= 0.3 is 0 Å². The summed E-state index contributed by atoms with van der Waals surface area (Å²) in [6, 6.07) is -0.266. The monoisotopic (exact) mass is 258 g/mol. The Hall–Kier alpha value is -0.710. The third kappa shape index (κ3) is 4.22. The van der Waals surface area contributed by atoms with Gasteiger partial charge in [0.2, 0.25) is 11.8 Å². The van der Waals surface area contributed by atoms with Crippen molar-refractivity contribution in [3.05, 3.63) is 0 Å². The van der Waals surface area contributed by atoms with Crippen LogP contribution >= 0.6 is 11.8 Å². The summed E-state index contributed by atoms with van der Waals surface area (Å²) in [5.74, 6) is 1.50. The minimum atomic E-state index is -0.266. The van der Waals surface area contributed by atoms with Crippen LogP contribution in [0.3, 0.4) is 0 Å². The van der Waals surface area contributed by atoms with Crippen LogP contribution in [0, 0.1) is 5.92 Å². The molecule has 98 valence electrons. The molecule has 1 atom stereocenters. The summed E-state index contributed by atoms with van der Waals surface area (Å²) in [6.45, 7) is 5.01. The number of hydrogen-bond donors (Lipinski definition) is 1. The molecule has 1 fully saturated rings. The highest BCUT2D eigenvalue weighted by Crippen LogP contribution is 2.16. The van der Waals surface area contributed by atoms with Crippen molar-refractivity contribution >= 4 is 23.6 Å². The lowest BCUT2D eigenvalue weighted by Gasteiger charge is -2.35. The quantitative estimate of drug-likeness (QED) is 0.726. The average Bonchev–Trinajstić information content (AvgIpc) is 2.27. The first-order chi connectivity index (χ1) is 8.06. The highest BCUT2D eigenvalue weighted by atomic mass is 32.2. The molecular weight excluding hydrogens is 236 g/mol. The molecule has 1 N–H and O–H groups in total. The van der Waals surface area contributed by atoms with E-state index < -0.39 is 0 Å². The minimum Gasteiger partial charge on any atom is -0.345 e. The van der Waals surface area contributed by atoms with E-state index in [9.17, 15) is 9.59 Å². The van der Waals surface area contributed by atoms with Crippen molar-refractivity contribution in [2.75, 3.05) is 25.1 Å². The van der Waals surface area contributed by atoms with Crippen LogP contribution in [0.2, 0.25) is 0 Å². The molecule has 1 heterocycles. The Morgan fingerprint density at radius 1 is 1.47 bits per heavy atom. The summed E-state index contributed by atoms with van der Waals surface area (Å²) in [7, 11) is 0. The highest BCUT2D eigenvalue weighted by Gasteiger charge is 2.34. The zero-order valence-corrected chi connectivity index (χ0v) is 11.7. The summed E-state index contributed by atoms with van der Waals surface area (Å²) in [5.41, 5.74) is 0. The molecule has 5 heteroatoms. The van der Waals surface area contributed by atoms with Gasteiger partial charge in [-0.3, -0.25) is 9.59 Å². The largest absolute Gasteiger partial charge is 0.345 e. The number of carbonyl (C=O) groups is 2. The predicted octanol–water partition coefficient (Wildman–Crippen LogP) is 1.11. The van der Waals surface area contributed by atoms with E-state index in [-0.39, 0.29) is 24.4 Å². The van der Waals surface area contributed by atoms with E-state index in [0.29, 0.717) is 12.5 Å². The van der Waals surface area contributed by atoms with Gasteiger partial charge in [0, 0.05) is 6.54 Å². The molecule has 2 amide bonds. The van der Waals surface area contributed by atoms with Crippen molar-refractivity contribution in [2.45, 2.75) is 32.7 Å². The van der Waals surface area contributed by atoms with Crippen molar-refractivity contribution in [1.82, 2.24) is 10.2 Å². The Kier molecular flexibility index (Phi) is 5.82. The number of amides is 2. The Bertz CT molecular complexity index is 282. The van der Waals surface area contributed by atoms with Crippen LogP contribution in [0.4, 0.5) is 0 Å². The van der Waals surface area contributed by atoms with E-state index in [2.05, 4.69) is 25.4 Å². The second kappa shape index (κ2) is 6.89. The van der Waals surface area contributed by atoms with Crippen LogP contribution in [0.5, 0.6) is 0 Å². The van der Waals surface area contributed by atoms with Gasteiger partial charge in [0.05, 0.1) is 6.54 Å². The van der Waals surface area contributed by atoms with Gasteiger partial charge in [0.25, 0.3) is 0 Å². The summed E-state index contributed by atoms with van der Waals surface area (Å²) < 4.78 is 0. The number of nitrogens with zero attached hydrogens (tertiary/aromatic N) is 1. The summed E-state index contributed by atoms with van der Waals surface area (Å²) in [6.07, 6.45) is 3.75. The normalized spacial score (nSPS) is 20.9. The standard InChI is InChI=1S/C12H22N2O2S/c1-9(2)7-10-12(16)13-8-11(15)14(10)5-4-6-17-3/h9-10H,4-8H2,1-3H3,(H,13,16). The molecular formula is C12H22N2O2S. The Morgan fingerprint density at radius 2 is 2.18 bits per heavy atom. The van der Waals surface area contributed by atoms with E-state index in [4.69, 9.17) is 0 Å². The molecule has 0 aromatic rings. The smallest absolute Gasteiger partial charge is 0.243 e. The van der Waals surface area contributed by atoms with Gasteiger partial charge in [0.1, 0.15) is 6.04 Å². The van der Waals surface area contributed by atoms with E-state index in [1.165, 1.54) is 0 Å². The molecule has 0 aromatic carbocycles. The summed E-state index contributed by atoms with van der Waals surface area (Å²) in [5, 5.41) is 2.67. The second-order valence-corrected chi connectivity index (χ2v) is 5.78. The molecule has 0 bridgehead atoms. The van der Waals surface area contributed by atoms with E-state index in [1.807, 2.05) is 0 Å². The molecule has 17 heavy (non-hydrogen) atoms. The molecule has 1 aliphatic heterocycles. The maximum absolute atomic E-state index is 11.8. The highest BCUT2D eigenvalue weighted by molar-refractivity contribution is 7.98. The van der Waals surface area contributed by atoms with Gasteiger partial charge in [-0.15, -0.1) is 0 Å². The molecule has 0 spiro atoms. The molecule has 0 aromatic heterocycles. The first-order valence-electron chi connectivity index (χ1n) is 6.12. The lowest BCUT2D eigenvalue weighted by molar-refractivity contribution is -0.146. The van der Waals surface area contributed by atoms with Crippen molar-refractivity contribution < 1.29 is 9.59 Å². The molecule has 1 rings (SSSR count). The molecule has 1 aliphatic rings. The Balaban J connectivity index is 2.63. The fourth-order valence-electron chi connectivity index (χ4n) is 2.04. The lowest BCUT2D eigenvalue weighted by atomic mass is 10.00. The number of thioether (sulfide) groups is 1. The van der Waals surface area contributed by atoms with E-state index in [1.54, 1.807) is 16.7 Å². The van der Waals surface area contributed by atoms with Crippen LogP contribution in [-0.2, 0) is 9.59 Å². The first-order valence-corrected chi connectivity index (χ1v) is 7.51. The zero-order chi connectivity index (χ0) is 12.8. The van der Waals surface area contributed by atoms with Gasteiger partial charge in [0.15, 0.2) is 0 Å². The molecule has 0 saturated carbocycles. The molecule has 1 unspecified atom stereocenters. The maximum Gasteiger partial charge on any atom is 0.243 e. The van der Waals surface area contributed by atoms with Gasteiger partial charge in [-0.25, -0.2) is 0 Å². The fraction of sp³-hybridized carbons (Fsp3) is 0.833. The maximum atomic E-state index is 11.8. The van der Waals surface area contributed by atoms with Crippen LogP contribution in [0.1, 0.15) is 26.7 Å². The average molecular weight is 258 g/mol. The van der Waals surface area contributed by atoms with Crippen LogP contribution < -0.4 is 5.32 Å². The Labute approximate surface area is 108 Å². The number of hydrogen-bond acceptors (Lipinski definition) is 3. The topological polar surface area (TPSA) is 49.4 Å². The Morgan fingerprint density at radius 3 is 2.76 bits per heavy atom. The fourth-order valence-corrected chi connectivity index (χ4v) is 2.46. The van der Waals surface area contributed by atoms with Gasteiger partial charge in [-0.2, -0.15) is 11.8 Å². The van der Waals surface area contributed by atoms with Crippen LogP contribution in [0.15, 0.2) is 0 Å². The molecule has 4 nitrogen and oxygen atoms in total. The van der Waals surface area contributed by atoms with Crippen LogP contribution in [0.25, 0.3) is 0 Å². The molecule has 1 saturated heterocycles. The number of piperazine rings is 1. The molecule has 0 radical (unpaired) electrons. The second-order valence-electron chi connectivity index (χ2n) is 4.80. The number of carbonyl (C=O) groups excluding carboxylic acids is 2. The van der Waals surface area contributed by atoms with Crippen LogP contribution in [-0.4, -0.2) is 47.9 Å². The third-order valence-electron chi connectivity index (χ3n) is 2.86. The summed E-state index contributed by atoms with van der Waals surface area (Å²) >= 11 is 1.77. The van der Waals surface area contributed by atoms with Crippen molar-refractivity contribution in [3.8, 4) is 0 Å². The lowest BCUT2D eigenvalue weighted by Crippen LogP contribution is -2.58. The minimum absolute atomic E-state index is 0.00227. The van der Waals surface area contributed by atoms with Gasteiger partial charge in [-0.1, -0.05) is 13.8 Å². The number of nitrogens with one attached hydrogen (secondary N) is 1. The summed E-state index contributed by atoms with van der Waals surface area (Å²) in [4.78, 5) is 25.4. The molecule has 0 aliphatic carbocycles. The van der Waals surface area contributed by atoms with Crippen molar-refractivity contribution in [1.29, 1.82) is 0 Å². The third-order valence-corrected chi connectivity index (χ3v) is 3.55. The van der Waals surface area contributed by atoms with E-state index >= 15 is 0 Å². The van der Waals surface area contributed by atoms with E-state index in [0.717, 1.165) is 18.6 Å². The number of rotatable bonds is 6. The van der Waals surface area contributed by atoms with Crippen molar-refractivity contribution in [3.63, 3.8) is 0 Å². The van der Waals surface area contributed by atoms with Crippen molar-refractivity contribution in [2.24, 2.45) is 5.92 Å². The predicted molar refractivity (Wildman–Crippen MR) is 71.0 cm³/mol. The van der Waals surface area contributed by atoms with Gasteiger partial charge < -0.3 is 10.2 Å².